The number of thiophene rings is 1. The van der Waals surface area contributed by atoms with Crippen LogP contribution >= 0.6 is 11.3 Å². The molecule has 2 heterocycles. The normalized spacial score (nSPS) is 16.6. The van der Waals surface area contributed by atoms with Crippen LogP contribution in [0.2, 0.25) is 0 Å². The number of rotatable bonds is 13. The van der Waals surface area contributed by atoms with E-state index in [0.29, 0.717) is 38.4 Å². The van der Waals surface area contributed by atoms with Crippen molar-refractivity contribution in [2.24, 2.45) is 0 Å². The monoisotopic (exact) mass is 478 g/mol. The molecule has 2 aromatic rings. The van der Waals surface area contributed by atoms with Crippen LogP contribution in [0.15, 0.2) is 35.7 Å². The summed E-state index contributed by atoms with van der Waals surface area (Å²) in [6, 6.07) is 7.91. The fourth-order valence-electron chi connectivity index (χ4n) is 4.28. The molecule has 1 aromatic carbocycles. The van der Waals surface area contributed by atoms with Crippen molar-refractivity contribution in [1.29, 1.82) is 0 Å². The first kappa shape index (κ1) is 25.6. The number of hydrogen-bond donors (Lipinski definition) is 1. The maximum absolute atomic E-state index is 13.6. The zero-order valence-electron chi connectivity index (χ0n) is 19.5. The molecule has 6 nitrogen and oxygen atoms in total. The summed E-state index contributed by atoms with van der Waals surface area (Å²) in [5.74, 6) is 0.118. The van der Waals surface area contributed by atoms with Crippen molar-refractivity contribution in [1.82, 2.24) is 9.80 Å². The zero-order chi connectivity index (χ0) is 23.6. The molecule has 0 bridgehead atoms. The van der Waals surface area contributed by atoms with Crippen molar-refractivity contribution in [3.05, 3.63) is 52.0 Å². The van der Waals surface area contributed by atoms with Gasteiger partial charge in [0.2, 0.25) is 5.91 Å². The largest absolute Gasteiger partial charge is 0.491 e. The molecule has 0 fully saturated rings. The van der Waals surface area contributed by atoms with Gasteiger partial charge in [0.15, 0.2) is 0 Å². The van der Waals surface area contributed by atoms with Crippen LogP contribution in [0.25, 0.3) is 0 Å². The Bertz CT molecular complexity index is 878. The average molecular weight is 479 g/mol. The highest BCUT2D eigenvalue weighted by atomic mass is 32.1. The molecule has 8 heteroatoms. The van der Waals surface area contributed by atoms with Gasteiger partial charge in [-0.15, -0.1) is 11.3 Å². The van der Waals surface area contributed by atoms with Crippen LogP contribution in [0.3, 0.4) is 0 Å². The van der Waals surface area contributed by atoms with Gasteiger partial charge in [-0.25, -0.2) is 4.39 Å². The van der Waals surface area contributed by atoms with E-state index in [2.05, 4.69) is 6.07 Å². The van der Waals surface area contributed by atoms with E-state index in [0.717, 1.165) is 24.8 Å². The maximum Gasteiger partial charge on any atom is 0.237 e. The summed E-state index contributed by atoms with van der Waals surface area (Å²) in [5, 5.41) is 12.4. The van der Waals surface area contributed by atoms with Crippen molar-refractivity contribution in [3.63, 3.8) is 0 Å². The molecular formula is C25H35FN2O4S. The van der Waals surface area contributed by atoms with Crippen LogP contribution in [-0.2, 0) is 16.0 Å². The second kappa shape index (κ2) is 13.0. The Labute approximate surface area is 199 Å². The molecule has 1 N–H and O–H groups in total. The van der Waals surface area contributed by atoms with Crippen molar-refractivity contribution in [3.8, 4) is 5.75 Å². The van der Waals surface area contributed by atoms with Crippen molar-refractivity contribution >= 4 is 17.2 Å². The van der Waals surface area contributed by atoms with Crippen molar-refractivity contribution in [2.75, 3.05) is 46.5 Å². The van der Waals surface area contributed by atoms with Crippen molar-refractivity contribution in [2.45, 2.75) is 44.8 Å². The molecule has 3 rings (SSSR count). The summed E-state index contributed by atoms with van der Waals surface area (Å²) >= 11 is 1.70. The Morgan fingerprint density at radius 1 is 1.39 bits per heavy atom. The van der Waals surface area contributed by atoms with Crippen LogP contribution in [0.4, 0.5) is 4.39 Å². The Morgan fingerprint density at radius 3 is 3.00 bits per heavy atom. The Kier molecular flexibility index (Phi) is 10.1. The third-order valence-corrected chi connectivity index (χ3v) is 6.89. The predicted octanol–water partition coefficient (Wildman–Crippen LogP) is 3.89. The van der Waals surface area contributed by atoms with E-state index in [1.165, 1.54) is 17.0 Å². The highest BCUT2D eigenvalue weighted by Gasteiger charge is 2.33. The number of halogens is 1. The van der Waals surface area contributed by atoms with E-state index < -0.39 is 6.10 Å². The van der Waals surface area contributed by atoms with E-state index in [-0.39, 0.29) is 30.9 Å². The minimum atomic E-state index is -0.456. The lowest BCUT2D eigenvalue weighted by atomic mass is 10.0. The lowest BCUT2D eigenvalue weighted by Crippen LogP contribution is -2.48. The van der Waals surface area contributed by atoms with Crippen LogP contribution in [0, 0.1) is 5.82 Å². The lowest BCUT2D eigenvalue weighted by molar-refractivity contribution is -0.136. The summed E-state index contributed by atoms with van der Waals surface area (Å²) in [7, 11) is 1.66. The average Bonchev–Trinajstić information content (AvgIpc) is 3.27. The smallest absolute Gasteiger partial charge is 0.237 e. The highest BCUT2D eigenvalue weighted by molar-refractivity contribution is 7.10. The van der Waals surface area contributed by atoms with E-state index in [1.807, 2.05) is 22.1 Å². The summed E-state index contributed by atoms with van der Waals surface area (Å²) in [5.41, 5.74) is 1.10. The summed E-state index contributed by atoms with van der Waals surface area (Å²) in [6.07, 6.45) is 2.76. The van der Waals surface area contributed by atoms with E-state index in [1.54, 1.807) is 30.6 Å². The molecule has 0 spiro atoms. The van der Waals surface area contributed by atoms with Gasteiger partial charge in [0.25, 0.3) is 0 Å². The number of fused-ring (bicyclic) bond motifs is 1. The minimum absolute atomic E-state index is 0.0146. The van der Waals surface area contributed by atoms with Crippen LogP contribution < -0.4 is 4.74 Å². The standard InChI is InChI=1S/C25H35FN2O4S/c1-3-6-20(29)16-27(11-5-13-31-2)17-25(30)28-12-9-24-22(10-14-33-24)23(28)18-32-21-8-4-7-19(26)15-21/h4,7-8,10,14-15,20,23,29H,3,5-6,9,11-13,16-18H2,1-2H3/t20-,23+/m1/s1. The number of aliphatic hydroxyl groups is 1. The SMILES string of the molecule is CCC[C@@H](O)CN(CCCOC)CC(=O)N1CCc2sccc2[C@@H]1COc1cccc(F)c1. The molecule has 0 radical (unpaired) electrons. The number of methoxy groups -OCH3 is 1. The highest BCUT2D eigenvalue weighted by Crippen LogP contribution is 2.34. The molecule has 0 saturated heterocycles. The van der Waals surface area contributed by atoms with Crippen molar-refractivity contribution < 1.29 is 23.8 Å². The molecule has 0 saturated carbocycles. The van der Waals surface area contributed by atoms with Gasteiger partial charge in [-0.2, -0.15) is 0 Å². The predicted molar refractivity (Wildman–Crippen MR) is 128 cm³/mol. The van der Waals surface area contributed by atoms with Gasteiger partial charge in [0, 0.05) is 44.3 Å². The quantitative estimate of drug-likeness (QED) is 0.443. The number of hydrogen-bond acceptors (Lipinski definition) is 6. The van der Waals surface area contributed by atoms with Gasteiger partial charge >= 0.3 is 0 Å². The van der Waals surface area contributed by atoms with Gasteiger partial charge in [-0.1, -0.05) is 19.4 Å². The molecule has 33 heavy (non-hydrogen) atoms. The third kappa shape index (κ3) is 7.50. The minimum Gasteiger partial charge on any atom is -0.491 e. The second-order valence-electron chi connectivity index (χ2n) is 8.44. The fourth-order valence-corrected chi connectivity index (χ4v) is 5.21. The number of carbonyl (C=O) groups excluding carboxylic acids is 1. The Balaban J connectivity index is 1.70. The maximum atomic E-state index is 13.6. The molecule has 0 unspecified atom stereocenters. The first-order chi connectivity index (χ1) is 16.0. The summed E-state index contributed by atoms with van der Waals surface area (Å²) in [4.78, 5) is 18.6. The number of carbonyl (C=O) groups is 1. The number of benzene rings is 1. The first-order valence-corrected chi connectivity index (χ1v) is 12.5. The van der Waals surface area contributed by atoms with E-state index in [9.17, 15) is 14.3 Å². The summed E-state index contributed by atoms with van der Waals surface area (Å²) in [6.45, 7) is 4.92. The topological polar surface area (TPSA) is 62.2 Å². The van der Waals surface area contributed by atoms with Gasteiger partial charge in [0.1, 0.15) is 18.2 Å². The lowest BCUT2D eigenvalue weighted by Gasteiger charge is -2.37. The van der Waals surface area contributed by atoms with E-state index >= 15 is 0 Å². The number of ether oxygens (including phenoxy) is 2. The molecule has 2 atom stereocenters. The molecule has 0 aliphatic carbocycles. The molecule has 1 aromatic heterocycles. The van der Waals surface area contributed by atoms with E-state index in [4.69, 9.17) is 9.47 Å². The molecule has 1 aliphatic rings. The Morgan fingerprint density at radius 2 is 2.24 bits per heavy atom. The molecular weight excluding hydrogens is 443 g/mol. The van der Waals surface area contributed by atoms with Gasteiger partial charge < -0.3 is 19.5 Å². The number of amides is 1. The zero-order valence-corrected chi connectivity index (χ0v) is 20.4. The third-order valence-electron chi connectivity index (χ3n) is 5.89. The van der Waals surface area contributed by atoms with Crippen LogP contribution in [0.1, 0.15) is 42.7 Å². The number of nitrogens with zero attached hydrogens (tertiary/aromatic N) is 2. The Hall–Kier alpha value is -2.00. The second-order valence-corrected chi connectivity index (χ2v) is 9.45. The molecule has 1 aliphatic heterocycles. The van der Waals surface area contributed by atoms with Crippen LogP contribution in [0.5, 0.6) is 5.75 Å². The van der Waals surface area contributed by atoms with Gasteiger partial charge in [0.05, 0.1) is 18.7 Å². The fraction of sp³-hybridized carbons (Fsp3) is 0.560. The van der Waals surface area contributed by atoms with Crippen LogP contribution in [-0.4, -0.2) is 73.4 Å². The molecule has 182 valence electrons. The number of aliphatic hydroxyl groups excluding tert-OH is 1. The first-order valence-electron chi connectivity index (χ1n) is 11.6. The van der Waals surface area contributed by atoms with Gasteiger partial charge in [-0.05, 0) is 48.4 Å². The summed E-state index contributed by atoms with van der Waals surface area (Å²) < 4.78 is 24.7. The van der Waals surface area contributed by atoms with Gasteiger partial charge in [-0.3, -0.25) is 9.69 Å². The molecule has 1 amide bonds.